The molecule has 7 nitrogen and oxygen atoms in total. The second-order valence-corrected chi connectivity index (χ2v) is 4.29. The molecule has 0 saturated heterocycles. The number of nitrogens with one attached hydrogen (secondary N) is 2. The van der Waals surface area contributed by atoms with E-state index in [4.69, 9.17) is 4.74 Å². The highest BCUT2D eigenvalue weighted by molar-refractivity contribution is 5.10. The minimum atomic E-state index is -0.317. The Hall–Kier alpha value is -1.92. The summed E-state index contributed by atoms with van der Waals surface area (Å²) < 4.78 is 5.15. The number of hydrogen-bond acceptors (Lipinski definition) is 6. The minimum Gasteiger partial charge on any atom is -0.479 e. The smallest absolute Gasteiger partial charge is 0.287 e. The summed E-state index contributed by atoms with van der Waals surface area (Å²) in [5.41, 5.74) is 0.248. The van der Waals surface area contributed by atoms with Crippen molar-refractivity contribution in [2.75, 3.05) is 19.8 Å². The van der Waals surface area contributed by atoms with Gasteiger partial charge in [-0.2, -0.15) is 0 Å². The molecular weight excluding hydrogens is 236 g/mol. The SMILES string of the molecule is CCC(CNC1=C([N+](=O)[O-])CCN1)N1C=COC1. The molecule has 0 aromatic heterocycles. The predicted octanol–water partition coefficient (Wildman–Crippen LogP) is 0.555. The molecule has 0 fully saturated rings. The Bertz CT molecular complexity index is 380. The van der Waals surface area contributed by atoms with Gasteiger partial charge in [-0.3, -0.25) is 10.1 Å². The van der Waals surface area contributed by atoms with Gasteiger partial charge in [0.1, 0.15) is 6.26 Å². The van der Waals surface area contributed by atoms with E-state index in [0.717, 1.165) is 6.42 Å². The lowest BCUT2D eigenvalue weighted by atomic mass is 10.2. The van der Waals surface area contributed by atoms with E-state index in [1.165, 1.54) is 0 Å². The molecule has 2 rings (SSSR count). The number of nitro groups is 1. The van der Waals surface area contributed by atoms with E-state index in [0.29, 0.717) is 32.1 Å². The van der Waals surface area contributed by atoms with Crippen LogP contribution >= 0.6 is 0 Å². The molecule has 100 valence electrons. The number of nitrogens with zero attached hydrogens (tertiary/aromatic N) is 2. The van der Waals surface area contributed by atoms with Crippen LogP contribution in [0.15, 0.2) is 24.0 Å². The summed E-state index contributed by atoms with van der Waals surface area (Å²) in [4.78, 5) is 12.6. The van der Waals surface area contributed by atoms with Crippen molar-refractivity contribution in [2.45, 2.75) is 25.8 Å². The summed E-state index contributed by atoms with van der Waals surface area (Å²) >= 11 is 0. The fourth-order valence-corrected chi connectivity index (χ4v) is 2.12. The first-order valence-corrected chi connectivity index (χ1v) is 6.11. The van der Waals surface area contributed by atoms with Crippen LogP contribution < -0.4 is 10.6 Å². The lowest BCUT2D eigenvalue weighted by molar-refractivity contribution is -0.427. The number of ether oxygens (including phenoxy) is 1. The van der Waals surface area contributed by atoms with Gasteiger partial charge < -0.3 is 20.3 Å². The third-order valence-corrected chi connectivity index (χ3v) is 3.20. The van der Waals surface area contributed by atoms with Crippen LogP contribution in [0.4, 0.5) is 0 Å². The van der Waals surface area contributed by atoms with Crippen LogP contribution in [-0.4, -0.2) is 35.7 Å². The predicted molar refractivity (Wildman–Crippen MR) is 65.7 cm³/mol. The highest BCUT2D eigenvalue weighted by atomic mass is 16.6. The molecule has 1 atom stereocenters. The lowest BCUT2D eigenvalue weighted by Gasteiger charge is -2.26. The average molecular weight is 254 g/mol. The third kappa shape index (κ3) is 2.66. The van der Waals surface area contributed by atoms with Crippen molar-refractivity contribution >= 4 is 0 Å². The van der Waals surface area contributed by atoms with Gasteiger partial charge in [0.05, 0.1) is 11.3 Å². The zero-order chi connectivity index (χ0) is 13.0. The number of rotatable bonds is 6. The molecule has 0 aromatic carbocycles. The van der Waals surface area contributed by atoms with Crippen LogP contribution in [0.1, 0.15) is 19.8 Å². The molecule has 0 aliphatic carbocycles. The van der Waals surface area contributed by atoms with Crippen LogP contribution in [0.3, 0.4) is 0 Å². The Morgan fingerprint density at radius 1 is 1.72 bits per heavy atom. The monoisotopic (exact) mass is 254 g/mol. The molecule has 18 heavy (non-hydrogen) atoms. The fraction of sp³-hybridized carbons (Fsp3) is 0.636. The van der Waals surface area contributed by atoms with E-state index >= 15 is 0 Å². The van der Waals surface area contributed by atoms with Gasteiger partial charge in [0.15, 0.2) is 12.6 Å². The largest absolute Gasteiger partial charge is 0.479 e. The molecule has 2 aliphatic heterocycles. The van der Waals surface area contributed by atoms with Crippen molar-refractivity contribution in [3.8, 4) is 0 Å². The molecular formula is C11H18N4O3. The first-order valence-electron chi connectivity index (χ1n) is 6.11. The summed E-state index contributed by atoms with van der Waals surface area (Å²) in [5, 5.41) is 17.0. The summed E-state index contributed by atoms with van der Waals surface area (Å²) in [6.45, 7) is 3.92. The van der Waals surface area contributed by atoms with Gasteiger partial charge in [0.2, 0.25) is 0 Å². The molecule has 0 amide bonds. The van der Waals surface area contributed by atoms with Crippen molar-refractivity contribution in [2.24, 2.45) is 0 Å². The van der Waals surface area contributed by atoms with Crippen LogP contribution in [0.5, 0.6) is 0 Å². The summed E-state index contributed by atoms with van der Waals surface area (Å²) in [5.74, 6) is 0.558. The Kier molecular flexibility index (Phi) is 3.91. The van der Waals surface area contributed by atoms with Gasteiger partial charge in [0, 0.05) is 25.3 Å². The normalized spacial score (nSPS) is 19.7. The zero-order valence-electron chi connectivity index (χ0n) is 10.4. The molecule has 0 aromatic rings. The maximum atomic E-state index is 10.8. The molecule has 2 heterocycles. The third-order valence-electron chi connectivity index (χ3n) is 3.20. The number of hydrogen-bond donors (Lipinski definition) is 2. The van der Waals surface area contributed by atoms with Gasteiger partial charge in [0.25, 0.3) is 5.70 Å². The topological polar surface area (TPSA) is 79.7 Å². The maximum Gasteiger partial charge on any atom is 0.287 e. The van der Waals surface area contributed by atoms with Crippen LogP contribution in [-0.2, 0) is 4.74 Å². The van der Waals surface area contributed by atoms with Crippen molar-refractivity contribution in [3.63, 3.8) is 0 Å². The Balaban J connectivity index is 1.91. The van der Waals surface area contributed by atoms with Crippen molar-refractivity contribution in [1.29, 1.82) is 0 Å². The highest BCUT2D eigenvalue weighted by Crippen LogP contribution is 2.13. The second-order valence-electron chi connectivity index (χ2n) is 4.29. The Labute approximate surface area is 106 Å². The quantitative estimate of drug-likeness (QED) is 0.532. The Morgan fingerprint density at radius 3 is 3.17 bits per heavy atom. The molecule has 0 bridgehead atoms. The van der Waals surface area contributed by atoms with E-state index < -0.39 is 0 Å². The van der Waals surface area contributed by atoms with Crippen molar-refractivity contribution in [3.05, 3.63) is 34.1 Å². The summed E-state index contributed by atoms with van der Waals surface area (Å²) in [6.07, 6.45) is 4.99. The van der Waals surface area contributed by atoms with Crippen molar-refractivity contribution in [1.82, 2.24) is 15.5 Å². The summed E-state index contributed by atoms with van der Waals surface area (Å²) in [7, 11) is 0. The van der Waals surface area contributed by atoms with E-state index in [9.17, 15) is 10.1 Å². The van der Waals surface area contributed by atoms with Gasteiger partial charge in [-0.15, -0.1) is 0 Å². The lowest BCUT2D eigenvalue weighted by Crippen LogP contribution is -2.40. The molecule has 7 heteroatoms. The van der Waals surface area contributed by atoms with Crippen LogP contribution in [0.2, 0.25) is 0 Å². The first kappa shape index (κ1) is 12.5. The molecule has 1 unspecified atom stereocenters. The van der Waals surface area contributed by atoms with Gasteiger partial charge in [-0.05, 0) is 6.42 Å². The second kappa shape index (κ2) is 5.61. The molecule has 0 radical (unpaired) electrons. The zero-order valence-corrected chi connectivity index (χ0v) is 10.4. The molecule has 0 saturated carbocycles. The Morgan fingerprint density at radius 2 is 2.56 bits per heavy atom. The van der Waals surface area contributed by atoms with E-state index in [-0.39, 0.29) is 16.7 Å². The van der Waals surface area contributed by atoms with Crippen LogP contribution in [0, 0.1) is 10.1 Å². The van der Waals surface area contributed by atoms with Gasteiger partial charge in [-0.1, -0.05) is 6.92 Å². The van der Waals surface area contributed by atoms with E-state index in [1.54, 1.807) is 6.26 Å². The van der Waals surface area contributed by atoms with Crippen molar-refractivity contribution < 1.29 is 9.66 Å². The molecule has 2 aliphatic rings. The summed E-state index contributed by atoms with van der Waals surface area (Å²) in [6, 6.07) is 0.270. The van der Waals surface area contributed by atoms with E-state index in [2.05, 4.69) is 22.5 Å². The van der Waals surface area contributed by atoms with Gasteiger partial charge >= 0.3 is 0 Å². The maximum absolute atomic E-state index is 10.8. The molecule has 2 N–H and O–H groups in total. The highest BCUT2D eigenvalue weighted by Gasteiger charge is 2.25. The fourth-order valence-electron chi connectivity index (χ4n) is 2.12. The first-order chi connectivity index (χ1) is 8.72. The minimum absolute atomic E-state index is 0.248. The van der Waals surface area contributed by atoms with E-state index in [1.807, 2.05) is 6.20 Å². The average Bonchev–Trinajstić information content (AvgIpc) is 2.99. The van der Waals surface area contributed by atoms with Crippen LogP contribution in [0.25, 0.3) is 0 Å². The van der Waals surface area contributed by atoms with Gasteiger partial charge in [-0.25, -0.2) is 0 Å². The molecule has 0 spiro atoms. The standard InChI is InChI=1S/C11H18N4O3/c1-2-9(14-5-6-18-8-14)7-13-11-10(15(16)17)3-4-12-11/h5-6,9,12-13H,2-4,7-8H2,1H3.